The van der Waals surface area contributed by atoms with E-state index in [1.807, 2.05) is 31.2 Å². The van der Waals surface area contributed by atoms with E-state index < -0.39 is 5.97 Å². The summed E-state index contributed by atoms with van der Waals surface area (Å²) in [4.78, 5) is 40.7. The molecule has 0 aliphatic rings. The van der Waals surface area contributed by atoms with Gasteiger partial charge >= 0.3 is 5.97 Å². The predicted molar refractivity (Wildman–Crippen MR) is 116 cm³/mol. The van der Waals surface area contributed by atoms with Crippen LogP contribution in [0.1, 0.15) is 24.2 Å². The largest absolute Gasteiger partial charge is 0.494 e. The third kappa shape index (κ3) is 5.79. The average molecular weight is 421 g/mol. The smallest absolute Gasteiger partial charge is 0.338 e. The summed E-state index contributed by atoms with van der Waals surface area (Å²) >= 11 is 0. The van der Waals surface area contributed by atoms with Crippen LogP contribution < -0.4 is 15.6 Å². The van der Waals surface area contributed by atoms with Gasteiger partial charge in [-0.25, -0.2) is 9.78 Å². The second-order valence-electron chi connectivity index (χ2n) is 6.54. The van der Waals surface area contributed by atoms with Crippen LogP contribution in [0.25, 0.3) is 11.3 Å². The monoisotopic (exact) mass is 421 g/mol. The number of aromatic nitrogens is 2. The maximum Gasteiger partial charge on any atom is 0.338 e. The van der Waals surface area contributed by atoms with E-state index in [9.17, 15) is 14.4 Å². The standard InChI is InChI=1S/C23H23N3O5/c1-3-30-19-11-7-16(8-12-19)20-13-22(28)26(15-24-20)14-21(27)25-18-9-5-17(6-10-18)23(29)31-4-2/h5-13,15H,3-4,14H2,1-2H3,(H,25,27). The molecule has 0 unspecified atom stereocenters. The number of esters is 1. The Morgan fingerprint density at radius 1 is 1.00 bits per heavy atom. The zero-order valence-corrected chi connectivity index (χ0v) is 17.3. The van der Waals surface area contributed by atoms with Crippen molar-refractivity contribution in [3.63, 3.8) is 0 Å². The highest BCUT2D eigenvalue weighted by Crippen LogP contribution is 2.19. The summed E-state index contributed by atoms with van der Waals surface area (Å²) < 4.78 is 11.6. The van der Waals surface area contributed by atoms with Gasteiger partial charge < -0.3 is 14.8 Å². The van der Waals surface area contributed by atoms with E-state index in [1.165, 1.54) is 17.0 Å². The molecule has 0 atom stereocenters. The Labute approximate surface area is 179 Å². The van der Waals surface area contributed by atoms with Crippen molar-refractivity contribution in [2.75, 3.05) is 18.5 Å². The third-order valence-corrected chi connectivity index (χ3v) is 4.33. The fourth-order valence-electron chi connectivity index (χ4n) is 2.85. The number of benzene rings is 2. The first-order valence-corrected chi connectivity index (χ1v) is 9.87. The minimum absolute atomic E-state index is 0.185. The van der Waals surface area contributed by atoms with E-state index in [4.69, 9.17) is 9.47 Å². The van der Waals surface area contributed by atoms with Gasteiger partial charge in [0, 0.05) is 17.3 Å². The molecule has 0 saturated carbocycles. The first-order chi connectivity index (χ1) is 15.0. The minimum atomic E-state index is -0.425. The number of hydrogen-bond acceptors (Lipinski definition) is 6. The van der Waals surface area contributed by atoms with Crippen LogP contribution in [0, 0.1) is 0 Å². The topological polar surface area (TPSA) is 99.5 Å². The summed E-state index contributed by atoms with van der Waals surface area (Å²) in [6.07, 6.45) is 1.34. The first kappa shape index (κ1) is 21.8. The molecule has 0 radical (unpaired) electrons. The number of rotatable bonds is 8. The number of carbonyl (C=O) groups excluding carboxylic acids is 2. The molecular formula is C23H23N3O5. The van der Waals surface area contributed by atoms with Crippen LogP contribution in [-0.4, -0.2) is 34.6 Å². The molecule has 1 amide bonds. The number of nitrogens with one attached hydrogen (secondary N) is 1. The van der Waals surface area contributed by atoms with Crippen LogP contribution in [-0.2, 0) is 16.1 Å². The van der Waals surface area contributed by atoms with Gasteiger partial charge in [0.05, 0.1) is 30.8 Å². The highest BCUT2D eigenvalue weighted by Gasteiger charge is 2.10. The van der Waals surface area contributed by atoms with E-state index in [1.54, 1.807) is 31.2 Å². The van der Waals surface area contributed by atoms with Gasteiger partial charge in [0.25, 0.3) is 5.56 Å². The Bertz CT molecular complexity index is 1110. The molecular weight excluding hydrogens is 398 g/mol. The Hall–Kier alpha value is -3.94. The Morgan fingerprint density at radius 3 is 2.32 bits per heavy atom. The molecule has 0 fully saturated rings. The van der Waals surface area contributed by atoms with Crippen LogP contribution >= 0.6 is 0 Å². The summed E-state index contributed by atoms with van der Waals surface area (Å²) in [6, 6.07) is 15.0. The van der Waals surface area contributed by atoms with Crippen molar-refractivity contribution in [1.82, 2.24) is 9.55 Å². The van der Waals surface area contributed by atoms with E-state index in [0.29, 0.717) is 23.6 Å². The molecule has 1 N–H and O–H groups in total. The van der Waals surface area contributed by atoms with Gasteiger partial charge in [0.15, 0.2) is 0 Å². The number of amides is 1. The molecule has 3 aromatic rings. The van der Waals surface area contributed by atoms with E-state index in [-0.39, 0.29) is 24.6 Å². The predicted octanol–water partition coefficient (Wildman–Crippen LogP) is 3.12. The Morgan fingerprint density at radius 2 is 1.71 bits per heavy atom. The normalized spacial score (nSPS) is 10.4. The Balaban J connectivity index is 1.64. The number of carbonyl (C=O) groups is 2. The summed E-state index contributed by atoms with van der Waals surface area (Å²) in [5.74, 6) is -0.0706. The average Bonchev–Trinajstić information content (AvgIpc) is 2.76. The SMILES string of the molecule is CCOC(=O)c1ccc(NC(=O)Cn2cnc(-c3ccc(OCC)cc3)cc2=O)cc1. The molecule has 0 aliphatic carbocycles. The van der Waals surface area contributed by atoms with Crippen LogP contribution in [0.3, 0.4) is 0 Å². The van der Waals surface area contributed by atoms with Crippen LogP contribution in [0.2, 0.25) is 0 Å². The molecule has 2 aromatic carbocycles. The van der Waals surface area contributed by atoms with Crippen LogP contribution in [0.4, 0.5) is 5.69 Å². The number of anilines is 1. The van der Waals surface area contributed by atoms with Gasteiger partial charge in [-0.3, -0.25) is 14.2 Å². The zero-order valence-electron chi connectivity index (χ0n) is 17.3. The fourth-order valence-corrected chi connectivity index (χ4v) is 2.85. The molecule has 0 aliphatic heterocycles. The molecule has 0 spiro atoms. The molecule has 8 nitrogen and oxygen atoms in total. The number of ether oxygens (including phenoxy) is 2. The van der Waals surface area contributed by atoms with Crippen LogP contribution in [0.5, 0.6) is 5.75 Å². The minimum Gasteiger partial charge on any atom is -0.494 e. The zero-order chi connectivity index (χ0) is 22.2. The van der Waals surface area contributed by atoms with Crippen molar-refractivity contribution in [2.24, 2.45) is 0 Å². The van der Waals surface area contributed by atoms with Crippen LogP contribution in [0.15, 0.2) is 65.7 Å². The number of nitrogens with zero attached hydrogens (tertiary/aromatic N) is 2. The van der Waals surface area contributed by atoms with Gasteiger partial charge in [-0.1, -0.05) is 0 Å². The summed E-state index contributed by atoms with van der Waals surface area (Å²) in [6.45, 7) is 4.31. The van der Waals surface area contributed by atoms with Crippen molar-refractivity contribution >= 4 is 17.6 Å². The summed E-state index contributed by atoms with van der Waals surface area (Å²) in [7, 11) is 0. The molecule has 0 bridgehead atoms. The fraction of sp³-hybridized carbons (Fsp3) is 0.217. The quantitative estimate of drug-likeness (QED) is 0.561. The lowest BCUT2D eigenvalue weighted by molar-refractivity contribution is -0.116. The van der Waals surface area contributed by atoms with Crippen molar-refractivity contribution in [3.8, 4) is 17.0 Å². The third-order valence-electron chi connectivity index (χ3n) is 4.33. The van der Waals surface area contributed by atoms with Crippen molar-refractivity contribution < 1.29 is 19.1 Å². The van der Waals surface area contributed by atoms with E-state index in [2.05, 4.69) is 10.3 Å². The summed E-state index contributed by atoms with van der Waals surface area (Å²) in [5.41, 5.74) is 1.85. The van der Waals surface area contributed by atoms with Gasteiger partial charge in [0.2, 0.25) is 5.91 Å². The molecule has 3 rings (SSSR count). The van der Waals surface area contributed by atoms with Crippen molar-refractivity contribution in [3.05, 3.63) is 76.8 Å². The van der Waals surface area contributed by atoms with Crippen molar-refractivity contribution in [1.29, 1.82) is 0 Å². The molecule has 31 heavy (non-hydrogen) atoms. The maximum atomic E-state index is 12.4. The molecule has 160 valence electrons. The summed E-state index contributed by atoms with van der Waals surface area (Å²) in [5, 5.41) is 2.69. The van der Waals surface area contributed by atoms with Gasteiger partial charge in [-0.05, 0) is 62.4 Å². The Kier molecular flexibility index (Phi) is 7.16. The van der Waals surface area contributed by atoms with Gasteiger partial charge in [-0.15, -0.1) is 0 Å². The molecule has 8 heteroatoms. The van der Waals surface area contributed by atoms with E-state index in [0.717, 1.165) is 11.3 Å². The lowest BCUT2D eigenvalue weighted by Crippen LogP contribution is -2.27. The number of hydrogen-bond donors (Lipinski definition) is 1. The second-order valence-corrected chi connectivity index (χ2v) is 6.54. The van der Waals surface area contributed by atoms with Crippen molar-refractivity contribution in [2.45, 2.75) is 20.4 Å². The first-order valence-electron chi connectivity index (χ1n) is 9.87. The lowest BCUT2D eigenvalue weighted by Gasteiger charge is -2.09. The molecule has 1 heterocycles. The van der Waals surface area contributed by atoms with E-state index >= 15 is 0 Å². The molecule has 0 saturated heterocycles. The lowest BCUT2D eigenvalue weighted by atomic mass is 10.1. The molecule has 1 aromatic heterocycles. The highest BCUT2D eigenvalue weighted by molar-refractivity contribution is 5.93. The maximum absolute atomic E-state index is 12.4. The highest BCUT2D eigenvalue weighted by atomic mass is 16.5. The van der Waals surface area contributed by atoms with Gasteiger partial charge in [0.1, 0.15) is 12.3 Å². The second kappa shape index (κ2) is 10.2. The van der Waals surface area contributed by atoms with Gasteiger partial charge in [-0.2, -0.15) is 0 Å².